The third-order valence-corrected chi connectivity index (χ3v) is 5.66. The van der Waals surface area contributed by atoms with Gasteiger partial charge in [-0.05, 0) is 44.0 Å². The number of hydrogen-bond donors (Lipinski definition) is 2. The molecule has 26 heavy (non-hydrogen) atoms. The van der Waals surface area contributed by atoms with Gasteiger partial charge in [0.15, 0.2) is 0 Å². The van der Waals surface area contributed by atoms with Crippen molar-refractivity contribution < 1.29 is 27.9 Å². The average molecular weight is 384 g/mol. The van der Waals surface area contributed by atoms with Crippen molar-refractivity contribution in [3.63, 3.8) is 0 Å². The summed E-state index contributed by atoms with van der Waals surface area (Å²) in [6.07, 6.45) is 1.34. The number of amides is 1. The van der Waals surface area contributed by atoms with E-state index >= 15 is 0 Å². The second-order valence-electron chi connectivity index (χ2n) is 6.03. The standard InChI is InChI=1S/C17H24N2O6S/c1-2-25-14-5-7-15(8-6-14)26(23,24)18-10-9-16(20)19-11-3-4-13(19)12-17(21)22/h5-8,13,18H,2-4,9-12H2,1H3,(H,21,22). The van der Waals surface area contributed by atoms with Crippen molar-refractivity contribution in [1.82, 2.24) is 9.62 Å². The van der Waals surface area contributed by atoms with Gasteiger partial charge in [0.05, 0.1) is 17.9 Å². The molecule has 1 aromatic rings. The maximum atomic E-state index is 12.3. The van der Waals surface area contributed by atoms with Gasteiger partial charge in [-0.3, -0.25) is 9.59 Å². The molecule has 8 nitrogen and oxygen atoms in total. The Balaban J connectivity index is 1.87. The van der Waals surface area contributed by atoms with Crippen molar-refractivity contribution in [2.24, 2.45) is 0 Å². The lowest BCUT2D eigenvalue weighted by Crippen LogP contribution is -2.38. The molecule has 2 rings (SSSR count). The van der Waals surface area contributed by atoms with Crippen molar-refractivity contribution in [2.75, 3.05) is 19.7 Å². The molecule has 0 aliphatic carbocycles. The number of carboxylic acid groups (broad SMARTS) is 1. The van der Waals surface area contributed by atoms with E-state index in [4.69, 9.17) is 9.84 Å². The minimum Gasteiger partial charge on any atom is -0.494 e. The zero-order valence-corrected chi connectivity index (χ0v) is 15.5. The second-order valence-corrected chi connectivity index (χ2v) is 7.80. The number of aliphatic carboxylic acids is 1. The Morgan fingerprint density at radius 2 is 2.00 bits per heavy atom. The highest BCUT2D eigenvalue weighted by Crippen LogP contribution is 2.21. The maximum absolute atomic E-state index is 12.3. The number of carbonyl (C=O) groups excluding carboxylic acids is 1. The van der Waals surface area contributed by atoms with Gasteiger partial charge in [-0.1, -0.05) is 0 Å². The molecule has 0 saturated carbocycles. The van der Waals surface area contributed by atoms with E-state index in [0.29, 0.717) is 25.3 Å². The molecule has 144 valence electrons. The lowest BCUT2D eigenvalue weighted by molar-refractivity contribution is -0.139. The predicted molar refractivity (Wildman–Crippen MR) is 94.4 cm³/mol. The van der Waals surface area contributed by atoms with Crippen LogP contribution in [0.1, 0.15) is 32.6 Å². The fraction of sp³-hybridized carbons (Fsp3) is 0.529. The molecule has 2 N–H and O–H groups in total. The molecule has 1 saturated heterocycles. The van der Waals surface area contributed by atoms with Gasteiger partial charge in [0, 0.05) is 25.6 Å². The molecule has 9 heteroatoms. The van der Waals surface area contributed by atoms with E-state index < -0.39 is 16.0 Å². The smallest absolute Gasteiger partial charge is 0.305 e. The van der Waals surface area contributed by atoms with Gasteiger partial charge in [0.1, 0.15) is 5.75 Å². The first-order valence-electron chi connectivity index (χ1n) is 8.57. The molecule has 1 aliphatic heterocycles. The summed E-state index contributed by atoms with van der Waals surface area (Å²) in [5, 5.41) is 8.90. The Morgan fingerprint density at radius 3 is 2.62 bits per heavy atom. The SMILES string of the molecule is CCOc1ccc(S(=O)(=O)NCCC(=O)N2CCCC2CC(=O)O)cc1. The lowest BCUT2D eigenvalue weighted by Gasteiger charge is -2.23. The zero-order chi connectivity index (χ0) is 19.2. The fourth-order valence-electron chi connectivity index (χ4n) is 2.98. The number of carboxylic acids is 1. The number of nitrogens with one attached hydrogen (secondary N) is 1. The van der Waals surface area contributed by atoms with E-state index in [1.54, 1.807) is 17.0 Å². The van der Waals surface area contributed by atoms with Crippen LogP contribution in [-0.2, 0) is 19.6 Å². The molecule has 1 amide bonds. The summed E-state index contributed by atoms with van der Waals surface area (Å²) < 4.78 is 32.2. The number of sulfonamides is 1. The molecule has 1 aliphatic rings. The zero-order valence-electron chi connectivity index (χ0n) is 14.7. The van der Waals surface area contributed by atoms with Gasteiger partial charge in [0.2, 0.25) is 15.9 Å². The number of hydrogen-bond acceptors (Lipinski definition) is 5. The quantitative estimate of drug-likeness (QED) is 0.662. The van der Waals surface area contributed by atoms with Gasteiger partial charge in [0.25, 0.3) is 0 Å². The van der Waals surface area contributed by atoms with Crippen LogP contribution in [0, 0.1) is 0 Å². The summed E-state index contributed by atoms with van der Waals surface area (Å²) in [5.74, 6) is -0.589. The van der Waals surface area contributed by atoms with E-state index in [-0.39, 0.29) is 36.2 Å². The van der Waals surface area contributed by atoms with E-state index in [9.17, 15) is 18.0 Å². The Bertz CT molecular complexity index is 732. The van der Waals surface area contributed by atoms with Gasteiger partial charge >= 0.3 is 5.97 Å². The molecule has 1 unspecified atom stereocenters. The molecular weight excluding hydrogens is 360 g/mol. The molecule has 0 bridgehead atoms. The topological polar surface area (TPSA) is 113 Å². The van der Waals surface area contributed by atoms with Crippen LogP contribution in [0.5, 0.6) is 5.75 Å². The molecule has 0 radical (unpaired) electrons. The van der Waals surface area contributed by atoms with Crippen molar-refractivity contribution in [2.45, 2.75) is 43.5 Å². The van der Waals surface area contributed by atoms with Crippen LogP contribution in [0.2, 0.25) is 0 Å². The van der Waals surface area contributed by atoms with Crippen LogP contribution in [0.15, 0.2) is 29.2 Å². The van der Waals surface area contributed by atoms with E-state index in [0.717, 1.165) is 6.42 Å². The average Bonchev–Trinajstić information content (AvgIpc) is 3.03. The normalized spacial score (nSPS) is 17.3. The van der Waals surface area contributed by atoms with Crippen LogP contribution >= 0.6 is 0 Å². The first kappa shape index (κ1) is 20.2. The summed E-state index contributed by atoms with van der Waals surface area (Å²) in [6, 6.07) is 5.73. The summed E-state index contributed by atoms with van der Waals surface area (Å²) in [7, 11) is -3.71. The Kier molecular flexibility index (Phi) is 6.98. The van der Waals surface area contributed by atoms with Gasteiger partial charge in [-0.2, -0.15) is 0 Å². The first-order chi connectivity index (χ1) is 12.3. The lowest BCUT2D eigenvalue weighted by atomic mass is 10.1. The highest BCUT2D eigenvalue weighted by molar-refractivity contribution is 7.89. The molecule has 1 atom stereocenters. The Labute approximate surface area is 153 Å². The number of ether oxygens (including phenoxy) is 1. The van der Waals surface area contributed by atoms with E-state index in [1.165, 1.54) is 12.1 Å². The van der Waals surface area contributed by atoms with Crippen LogP contribution in [-0.4, -0.2) is 56.0 Å². The van der Waals surface area contributed by atoms with Crippen molar-refractivity contribution in [1.29, 1.82) is 0 Å². The van der Waals surface area contributed by atoms with E-state index in [1.807, 2.05) is 6.92 Å². The number of benzene rings is 1. The molecule has 1 aromatic carbocycles. The largest absolute Gasteiger partial charge is 0.494 e. The molecule has 0 spiro atoms. The summed E-state index contributed by atoms with van der Waals surface area (Å²) >= 11 is 0. The minimum absolute atomic E-state index is 0.00756. The summed E-state index contributed by atoms with van der Waals surface area (Å²) in [6.45, 7) is 2.81. The number of nitrogens with zero attached hydrogens (tertiary/aromatic N) is 1. The van der Waals surface area contributed by atoms with Crippen LogP contribution < -0.4 is 9.46 Å². The van der Waals surface area contributed by atoms with Gasteiger partial charge in [-0.15, -0.1) is 0 Å². The van der Waals surface area contributed by atoms with Crippen LogP contribution in [0.25, 0.3) is 0 Å². The summed E-state index contributed by atoms with van der Waals surface area (Å²) in [5.41, 5.74) is 0. The van der Waals surface area contributed by atoms with Crippen LogP contribution in [0.3, 0.4) is 0 Å². The molecular formula is C17H24N2O6S. The molecule has 0 aromatic heterocycles. The maximum Gasteiger partial charge on any atom is 0.305 e. The molecule has 1 fully saturated rings. The monoisotopic (exact) mass is 384 g/mol. The van der Waals surface area contributed by atoms with Crippen molar-refractivity contribution in [3.8, 4) is 5.75 Å². The number of rotatable bonds is 9. The Hall–Kier alpha value is -2.13. The third-order valence-electron chi connectivity index (χ3n) is 4.18. The minimum atomic E-state index is -3.71. The third kappa shape index (κ3) is 5.43. The molecule has 1 heterocycles. The van der Waals surface area contributed by atoms with Crippen LogP contribution in [0.4, 0.5) is 0 Å². The van der Waals surface area contributed by atoms with Crippen molar-refractivity contribution >= 4 is 21.9 Å². The summed E-state index contributed by atoms with van der Waals surface area (Å²) in [4.78, 5) is 24.7. The van der Waals surface area contributed by atoms with Gasteiger partial charge < -0.3 is 14.7 Å². The van der Waals surface area contributed by atoms with E-state index in [2.05, 4.69) is 4.72 Å². The Morgan fingerprint density at radius 1 is 1.31 bits per heavy atom. The first-order valence-corrected chi connectivity index (χ1v) is 10.1. The fourth-order valence-corrected chi connectivity index (χ4v) is 4.01. The van der Waals surface area contributed by atoms with Gasteiger partial charge in [-0.25, -0.2) is 13.1 Å². The number of carbonyl (C=O) groups is 2. The highest BCUT2D eigenvalue weighted by atomic mass is 32.2. The predicted octanol–water partition coefficient (Wildman–Crippen LogP) is 1.22. The number of likely N-dealkylation sites (tertiary alicyclic amines) is 1. The van der Waals surface area contributed by atoms with Crippen molar-refractivity contribution in [3.05, 3.63) is 24.3 Å². The second kappa shape index (κ2) is 9.00. The highest BCUT2D eigenvalue weighted by Gasteiger charge is 2.30.